The van der Waals surface area contributed by atoms with E-state index in [4.69, 9.17) is 4.42 Å². The average Bonchev–Trinajstić information content (AvgIpc) is 3.05. The molecule has 0 radical (unpaired) electrons. The van der Waals surface area contributed by atoms with Gasteiger partial charge < -0.3 is 14.6 Å². The molecule has 9 heteroatoms. The molecule has 0 bridgehead atoms. The van der Waals surface area contributed by atoms with E-state index in [0.717, 1.165) is 0 Å². The van der Waals surface area contributed by atoms with E-state index in [9.17, 15) is 18.8 Å². The summed E-state index contributed by atoms with van der Waals surface area (Å²) in [6.07, 6.45) is 0. The smallest absolute Gasteiger partial charge is 0.408 e. The van der Waals surface area contributed by atoms with Crippen LogP contribution in [0.3, 0.4) is 0 Å². The van der Waals surface area contributed by atoms with Crippen LogP contribution in [0, 0.1) is 5.82 Å². The third-order valence-electron chi connectivity index (χ3n) is 5.09. The van der Waals surface area contributed by atoms with E-state index in [1.807, 2.05) is 4.90 Å². The van der Waals surface area contributed by atoms with Gasteiger partial charge in [-0.3, -0.25) is 19.1 Å². The zero-order valence-corrected chi connectivity index (χ0v) is 16.2. The summed E-state index contributed by atoms with van der Waals surface area (Å²) in [6, 6.07) is 12.6. The number of nitrogens with one attached hydrogen (secondary N) is 1. The molecule has 156 valence electrons. The maximum absolute atomic E-state index is 12.9. The number of oxazole rings is 1. The van der Waals surface area contributed by atoms with Gasteiger partial charge in [0.15, 0.2) is 5.58 Å². The van der Waals surface area contributed by atoms with Crippen LogP contribution in [0.25, 0.3) is 11.1 Å². The molecule has 1 aliphatic heterocycles. The molecule has 1 fully saturated rings. The molecule has 2 amide bonds. The zero-order valence-electron chi connectivity index (χ0n) is 16.2. The van der Waals surface area contributed by atoms with Crippen LogP contribution in [0.2, 0.25) is 0 Å². The molecule has 8 nitrogen and oxygen atoms in total. The Bertz CT molecular complexity index is 1110. The van der Waals surface area contributed by atoms with Gasteiger partial charge in [0.1, 0.15) is 12.4 Å². The molecular weight excluding hydrogens is 391 g/mol. The summed E-state index contributed by atoms with van der Waals surface area (Å²) in [6.45, 7) is 2.12. The summed E-state index contributed by atoms with van der Waals surface area (Å²) in [4.78, 5) is 40.5. The molecule has 0 saturated carbocycles. The van der Waals surface area contributed by atoms with Gasteiger partial charge in [0.2, 0.25) is 11.8 Å². The number of halogens is 1. The van der Waals surface area contributed by atoms with Crippen LogP contribution < -0.4 is 11.1 Å². The number of hydrogen-bond acceptors (Lipinski definition) is 5. The highest BCUT2D eigenvalue weighted by molar-refractivity contribution is 5.92. The SMILES string of the molecule is O=C(CN1CCN(C(=O)Cn2c(=O)oc3ccccc32)CC1)Nc1ccc(F)cc1. The Balaban J connectivity index is 1.29. The predicted octanol–water partition coefficient (Wildman–Crippen LogP) is 1.52. The number of piperazine rings is 1. The number of rotatable bonds is 5. The van der Waals surface area contributed by atoms with Gasteiger partial charge in [-0.1, -0.05) is 12.1 Å². The van der Waals surface area contributed by atoms with Gasteiger partial charge in [-0.05, 0) is 36.4 Å². The summed E-state index contributed by atoms with van der Waals surface area (Å²) in [5.74, 6) is -1.28. The first-order valence-corrected chi connectivity index (χ1v) is 9.63. The average molecular weight is 412 g/mol. The van der Waals surface area contributed by atoms with Crippen molar-refractivity contribution in [2.24, 2.45) is 0 Å². The number of hydrogen-bond donors (Lipinski definition) is 1. The molecule has 0 spiro atoms. The Labute approximate surface area is 171 Å². The van der Waals surface area contributed by atoms with Gasteiger partial charge in [-0.2, -0.15) is 0 Å². The second kappa shape index (κ2) is 8.50. The van der Waals surface area contributed by atoms with Gasteiger partial charge in [0, 0.05) is 31.9 Å². The lowest BCUT2D eigenvalue weighted by Gasteiger charge is -2.34. The normalized spacial score (nSPS) is 14.8. The van der Waals surface area contributed by atoms with Gasteiger partial charge in [-0.15, -0.1) is 0 Å². The van der Waals surface area contributed by atoms with Gasteiger partial charge in [0.25, 0.3) is 0 Å². The van der Waals surface area contributed by atoms with Crippen molar-refractivity contribution in [1.29, 1.82) is 0 Å². The summed E-state index contributed by atoms with van der Waals surface area (Å²) in [5, 5.41) is 2.73. The Hall–Kier alpha value is -3.46. The Kier molecular flexibility index (Phi) is 5.62. The lowest BCUT2D eigenvalue weighted by atomic mass is 10.2. The van der Waals surface area contributed by atoms with Crippen molar-refractivity contribution in [3.05, 3.63) is 64.9 Å². The minimum Gasteiger partial charge on any atom is -0.408 e. The van der Waals surface area contributed by atoms with E-state index in [1.165, 1.54) is 28.8 Å². The van der Waals surface area contributed by atoms with E-state index < -0.39 is 5.76 Å². The molecule has 1 aliphatic rings. The molecule has 1 N–H and O–H groups in total. The van der Waals surface area contributed by atoms with Crippen LogP contribution in [0.4, 0.5) is 10.1 Å². The van der Waals surface area contributed by atoms with Crippen LogP contribution in [0.1, 0.15) is 0 Å². The molecule has 4 rings (SSSR count). The molecular formula is C21H21FN4O4. The maximum Gasteiger partial charge on any atom is 0.420 e. The second-order valence-corrected chi connectivity index (χ2v) is 7.13. The summed E-state index contributed by atoms with van der Waals surface area (Å²) in [7, 11) is 0. The first-order chi connectivity index (χ1) is 14.5. The molecule has 3 aromatic rings. The summed E-state index contributed by atoms with van der Waals surface area (Å²) in [5.41, 5.74) is 1.58. The number of benzene rings is 2. The fraction of sp³-hybridized carbons (Fsp3) is 0.286. The standard InChI is InChI=1S/C21H21FN4O4/c22-15-5-7-16(8-6-15)23-19(27)13-24-9-11-25(12-10-24)20(28)14-26-17-3-1-2-4-18(17)30-21(26)29/h1-8H,9-14H2,(H,23,27). The van der Waals surface area contributed by atoms with Crippen LogP contribution in [-0.4, -0.2) is 58.9 Å². The lowest BCUT2D eigenvalue weighted by Crippen LogP contribution is -2.51. The van der Waals surface area contributed by atoms with Crippen molar-refractivity contribution in [2.75, 3.05) is 38.0 Å². The van der Waals surface area contributed by atoms with Crippen molar-refractivity contribution in [3.8, 4) is 0 Å². The van der Waals surface area contributed by atoms with E-state index in [-0.39, 0.29) is 30.7 Å². The molecule has 0 aliphatic carbocycles. The van der Waals surface area contributed by atoms with Crippen molar-refractivity contribution < 1.29 is 18.4 Å². The van der Waals surface area contributed by atoms with Crippen LogP contribution in [-0.2, 0) is 16.1 Å². The number of amides is 2. The highest BCUT2D eigenvalue weighted by Crippen LogP contribution is 2.13. The van der Waals surface area contributed by atoms with E-state index in [0.29, 0.717) is 43.0 Å². The molecule has 1 aromatic heterocycles. The summed E-state index contributed by atoms with van der Waals surface area (Å²) >= 11 is 0. The molecule has 0 atom stereocenters. The molecule has 2 aromatic carbocycles. The number of carbonyl (C=O) groups excluding carboxylic acids is 2. The first kappa shape index (κ1) is 19.8. The quantitative estimate of drug-likeness (QED) is 0.687. The highest BCUT2D eigenvalue weighted by Gasteiger charge is 2.24. The summed E-state index contributed by atoms with van der Waals surface area (Å²) < 4.78 is 19.4. The van der Waals surface area contributed by atoms with Crippen LogP contribution >= 0.6 is 0 Å². The first-order valence-electron chi connectivity index (χ1n) is 9.63. The number of anilines is 1. The van der Waals surface area contributed by atoms with Crippen molar-refractivity contribution in [2.45, 2.75) is 6.54 Å². The number of para-hydroxylation sites is 2. The third-order valence-corrected chi connectivity index (χ3v) is 5.09. The number of fused-ring (bicyclic) bond motifs is 1. The topological polar surface area (TPSA) is 87.8 Å². The fourth-order valence-electron chi connectivity index (χ4n) is 3.49. The largest absolute Gasteiger partial charge is 0.420 e. The van der Waals surface area contributed by atoms with E-state index in [2.05, 4.69) is 5.32 Å². The highest BCUT2D eigenvalue weighted by atomic mass is 19.1. The number of nitrogens with zero attached hydrogens (tertiary/aromatic N) is 3. The van der Waals surface area contributed by atoms with Crippen molar-refractivity contribution >= 4 is 28.6 Å². The molecule has 30 heavy (non-hydrogen) atoms. The van der Waals surface area contributed by atoms with Gasteiger partial charge in [0.05, 0.1) is 12.1 Å². The van der Waals surface area contributed by atoms with E-state index >= 15 is 0 Å². The second-order valence-electron chi connectivity index (χ2n) is 7.13. The zero-order chi connectivity index (χ0) is 21.1. The Morgan fingerprint density at radius 3 is 2.40 bits per heavy atom. The van der Waals surface area contributed by atoms with Crippen molar-refractivity contribution in [3.63, 3.8) is 0 Å². The molecule has 2 heterocycles. The minimum absolute atomic E-state index is 0.0824. The fourth-order valence-corrected chi connectivity index (χ4v) is 3.49. The maximum atomic E-state index is 12.9. The predicted molar refractivity (Wildman–Crippen MR) is 109 cm³/mol. The monoisotopic (exact) mass is 412 g/mol. The van der Waals surface area contributed by atoms with Crippen LogP contribution in [0.5, 0.6) is 0 Å². The number of carbonyl (C=O) groups is 2. The van der Waals surface area contributed by atoms with Crippen molar-refractivity contribution in [1.82, 2.24) is 14.4 Å². The Morgan fingerprint density at radius 1 is 0.967 bits per heavy atom. The Morgan fingerprint density at radius 2 is 1.67 bits per heavy atom. The van der Waals surface area contributed by atoms with Gasteiger partial charge >= 0.3 is 5.76 Å². The minimum atomic E-state index is -0.555. The molecule has 0 unspecified atom stereocenters. The third kappa shape index (κ3) is 4.41. The number of aromatic nitrogens is 1. The van der Waals surface area contributed by atoms with E-state index in [1.54, 1.807) is 29.2 Å². The molecule has 1 saturated heterocycles. The van der Waals surface area contributed by atoms with Gasteiger partial charge in [-0.25, -0.2) is 9.18 Å². The lowest BCUT2D eigenvalue weighted by molar-refractivity contribution is -0.133. The van der Waals surface area contributed by atoms with Crippen LogP contribution in [0.15, 0.2) is 57.7 Å².